The first-order chi connectivity index (χ1) is 7.16. The molecule has 0 saturated heterocycles. The molecule has 1 rings (SSSR count). The first-order valence-electron chi connectivity index (χ1n) is 3.84. The molecule has 0 aliphatic rings. The Kier molecular flexibility index (Phi) is 5.17. The maximum atomic E-state index is 12.7. The van der Waals surface area contributed by atoms with Crippen LogP contribution in [0.3, 0.4) is 0 Å². The molecule has 0 fully saturated rings. The molecule has 0 atom stereocenters. The Bertz CT molecular complexity index is 408. The Morgan fingerprint density at radius 1 is 1.25 bits per heavy atom. The average molecular weight is 258 g/mol. The van der Waals surface area contributed by atoms with Crippen LogP contribution in [-0.2, 0) is 0 Å². The van der Waals surface area contributed by atoms with Gasteiger partial charge in [0.05, 0.1) is 0 Å². The molecule has 16 heavy (non-hydrogen) atoms. The molecule has 0 radical (unpaired) electrons. The van der Waals surface area contributed by atoms with Gasteiger partial charge in [-0.25, -0.2) is 4.39 Å². The number of benzene rings is 1. The van der Waals surface area contributed by atoms with Crippen molar-refractivity contribution in [2.24, 2.45) is 0 Å². The Labute approximate surface area is 92.7 Å². The highest BCUT2D eigenvalue weighted by Crippen LogP contribution is 2.29. The van der Waals surface area contributed by atoms with E-state index in [0.717, 1.165) is 0 Å². The molecular formula is C7H5BClF5N2. The summed E-state index contributed by atoms with van der Waals surface area (Å²) in [7, 11) is -6.00. The van der Waals surface area contributed by atoms with Crippen molar-refractivity contribution in [1.29, 1.82) is 5.39 Å². The van der Waals surface area contributed by atoms with Gasteiger partial charge >= 0.3 is 12.9 Å². The third kappa shape index (κ3) is 5.51. The van der Waals surface area contributed by atoms with Gasteiger partial charge in [-0.05, 0) is 13.0 Å². The maximum absolute atomic E-state index is 12.7. The van der Waals surface area contributed by atoms with Crippen LogP contribution in [0, 0.1) is 18.1 Å². The molecule has 0 spiro atoms. The van der Waals surface area contributed by atoms with E-state index >= 15 is 0 Å². The van der Waals surface area contributed by atoms with E-state index in [-0.39, 0.29) is 10.7 Å². The molecule has 88 valence electrons. The van der Waals surface area contributed by atoms with E-state index < -0.39 is 13.1 Å². The lowest BCUT2D eigenvalue weighted by Gasteiger charge is -1.94. The van der Waals surface area contributed by atoms with Crippen LogP contribution in [0.25, 0.3) is 4.98 Å². The van der Waals surface area contributed by atoms with Gasteiger partial charge in [-0.2, -0.15) is 0 Å². The lowest BCUT2D eigenvalue weighted by atomic mass is 10.2. The lowest BCUT2D eigenvalue weighted by Crippen LogP contribution is -2.02. The molecule has 0 amide bonds. The van der Waals surface area contributed by atoms with Crippen molar-refractivity contribution in [2.75, 3.05) is 0 Å². The lowest BCUT2D eigenvalue weighted by molar-refractivity contribution is 0.368. The molecule has 1 aromatic carbocycles. The van der Waals surface area contributed by atoms with E-state index in [9.17, 15) is 21.7 Å². The van der Waals surface area contributed by atoms with Crippen LogP contribution in [-0.4, -0.2) is 7.25 Å². The molecule has 0 bridgehead atoms. The highest BCUT2D eigenvalue weighted by molar-refractivity contribution is 6.50. The van der Waals surface area contributed by atoms with Crippen LogP contribution >= 0.6 is 11.6 Å². The van der Waals surface area contributed by atoms with Gasteiger partial charge in [0.2, 0.25) is 5.39 Å². The molecule has 0 aromatic heterocycles. The number of hydrogen-bond acceptors (Lipinski definition) is 1. The minimum atomic E-state index is -6.00. The van der Waals surface area contributed by atoms with Gasteiger partial charge in [0, 0.05) is 11.6 Å². The van der Waals surface area contributed by atoms with Crippen LogP contribution < -0.4 is 0 Å². The Morgan fingerprint density at radius 2 is 1.69 bits per heavy atom. The van der Waals surface area contributed by atoms with Gasteiger partial charge in [0.15, 0.2) is 4.98 Å². The topological polar surface area (TPSA) is 28.1 Å². The Hall–Kier alpha value is -1.36. The summed E-state index contributed by atoms with van der Waals surface area (Å²) in [6, 6.07) is 2.51. The molecule has 0 N–H and O–H groups in total. The minimum absolute atomic E-state index is 0.146. The number of nitrogens with zero attached hydrogens (tertiary/aromatic N) is 2. The zero-order valence-corrected chi connectivity index (χ0v) is 8.65. The van der Waals surface area contributed by atoms with Gasteiger partial charge in [0.1, 0.15) is 10.8 Å². The smallest absolute Gasteiger partial charge is 0.418 e. The minimum Gasteiger partial charge on any atom is -0.418 e. The molecular weight excluding hydrogens is 253 g/mol. The molecule has 0 unspecified atom stereocenters. The van der Waals surface area contributed by atoms with E-state index in [1.165, 1.54) is 19.1 Å². The molecule has 0 aliphatic heterocycles. The number of diazo groups is 1. The average Bonchev–Trinajstić information content (AvgIpc) is 2.12. The standard InChI is InChI=1S/C7H5ClFN2.BF4/c1-4-5(9)2-3-6(11-10)7(4)8;2-1(3,4)5/h2-3H,1H3;/q+1;-1. The Balaban J connectivity index is 0.000000385. The summed E-state index contributed by atoms with van der Waals surface area (Å²) in [5, 5.41) is 8.50. The predicted molar refractivity (Wildman–Crippen MR) is 51.1 cm³/mol. The fourth-order valence-corrected chi connectivity index (χ4v) is 0.915. The van der Waals surface area contributed by atoms with Crippen LogP contribution in [0.5, 0.6) is 0 Å². The van der Waals surface area contributed by atoms with Gasteiger partial charge < -0.3 is 17.3 Å². The molecule has 0 aliphatic carbocycles. The van der Waals surface area contributed by atoms with Crippen molar-refractivity contribution in [3.05, 3.63) is 33.5 Å². The van der Waals surface area contributed by atoms with Gasteiger partial charge in [-0.3, -0.25) is 0 Å². The highest BCUT2D eigenvalue weighted by atomic mass is 35.5. The SMILES string of the molecule is Cc1c(F)ccc([N+]#N)c1Cl.F[B-](F)(F)F. The van der Waals surface area contributed by atoms with E-state index in [1.807, 2.05) is 0 Å². The second-order valence-electron chi connectivity index (χ2n) is 2.60. The second-order valence-corrected chi connectivity index (χ2v) is 2.98. The molecule has 0 saturated carbocycles. The summed E-state index contributed by atoms with van der Waals surface area (Å²) in [4.78, 5) is 2.87. The Morgan fingerprint density at radius 3 is 2.06 bits per heavy atom. The first kappa shape index (κ1) is 14.6. The van der Waals surface area contributed by atoms with Gasteiger partial charge in [-0.15, -0.1) is 0 Å². The number of rotatable bonds is 0. The van der Waals surface area contributed by atoms with Gasteiger partial charge in [0.25, 0.3) is 0 Å². The molecule has 9 heteroatoms. The van der Waals surface area contributed by atoms with Crippen molar-refractivity contribution in [3.8, 4) is 0 Å². The predicted octanol–water partition coefficient (Wildman–Crippen LogP) is 4.57. The zero-order chi connectivity index (χ0) is 12.9. The fourth-order valence-electron chi connectivity index (χ4n) is 0.724. The van der Waals surface area contributed by atoms with E-state index in [4.69, 9.17) is 17.0 Å². The number of halogens is 6. The van der Waals surface area contributed by atoms with Crippen molar-refractivity contribution in [1.82, 2.24) is 0 Å². The van der Waals surface area contributed by atoms with Crippen molar-refractivity contribution < 1.29 is 21.7 Å². The van der Waals surface area contributed by atoms with Gasteiger partial charge in [-0.1, -0.05) is 11.6 Å². The summed E-state index contributed by atoms with van der Waals surface area (Å²) in [6.45, 7) is 1.52. The second kappa shape index (κ2) is 5.65. The van der Waals surface area contributed by atoms with E-state index in [2.05, 4.69) is 4.98 Å². The van der Waals surface area contributed by atoms with E-state index in [1.54, 1.807) is 0 Å². The van der Waals surface area contributed by atoms with Crippen molar-refractivity contribution in [2.45, 2.75) is 6.92 Å². The van der Waals surface area contributed by atoms with Crippen LogP contribution in [0.2, 0.25) is 5.02 Å². The van der Waals surface area contributed by atoms with Crippen LogP contribution in [0.4, 0.5) is 27.3 Å². The maximum Gasteiger partial charge on any atom is 0.673 e. The normalized spacial score (nSPS) is 10.1. The zero-order valence-electron chi connectivity index (χ0n) is 7.89. The third-order valence-electron chi connectivity index (χ3n) is 1.41. The summed E-state index contributed by atoms with van der Waals surface area (Å²) in [5.74, 6) is -0.401. The summed E-state index contributed by atoms with van der Waals surface area (Å²) in [5.41, 5.74) is 0.479. The van der Waals surface area contributed by atoms with Crippen molar-refractivity contribution in [3.63, 3.8) is 0 Å². The van der Waals surface area contributed by atoms with Crippen LogP contribution in [0.1, 0.15) is 5.56 Å². The highest BCUT2D eigenvalue weighted by Gasteiger charge is 2.20. The molecule has 0 heterocycles. The molecule has 2 nitrogen and oxygen atoms in total. The van der Waals surface area contributed by atoms with Crippen LogP contribution in [0.15, 0.2) is 12.1 Å². The van der Waals surface area contributed by atoms with E-state index in [0.29, 0.717) is 5.56 Å². The summed E-state index contributed by atoms with van der Waals surface area (Å²) >= 11 is 5.60. The number of hydrogen-bond donors (Lipinski definition) is 0. The van der Waals surface area contributed by atoms with Crippen molar-refractivity contribution >= 4 is 24.5 Å². The third-order valence-corrected chi connectivity index (χ3v) is 1.88. The quantitative estimate of drug-likeness (QED) is 0.380. The summed E-state index contributed by atoms with van der Waals surface area (Å²) in [6.07, 6.45) is 0. The summed E-state index contributed by atoms with van der Waals surface area (Å²) < 4.78 is 51.7. The monoisotopic (exact) mass is 258 g/mol. The largest absolute Gasteiger partial charge is 0.673 e. The molecule has 1 aromatic rings. The first-order valence-corrected chi connectivity index (χ1v) is 4.21. The fraction of sp³-hybridized carbons (Fsp3) is 0.143.